The summed E-state index contributed by atoms with van der Waals surface area (Å²) >= 11 is 0. The molecule has 0 radical (unpaired) electrons. The van der Waals surface area contributed by atoms with E-state index in [2.05, 4.69) is 19.0 Å². The zero-order chi connectivity index (χ0) is 7.98. The maximum Gasteiger partial charge on any atom is 0.00891 e. The lowest BCUT2D eigenvalue weighted by Gasteiger charge is -2.17. The van der Waals surface area contributed by atoms with Gasteiger partial charge in [0.05, 0.1) is 0 Å². The van der Waals surface area contributed by atoms with Crippen LogP contribution in [0, 0.1) is 0 Å². The minimum atomic E-state index is 0. The van der Waals surface area contributed by atoms with Crippen molar-refractivity contribution in [2.45, 2.75) is 45.6 Å². The molecule has 0 aliphatic heterocycles. The van der Waals surface area contributed by atoms with Crippen molar-refractivity contribution < 1.29 is 1.43 Å². The standard InChI is InChI=1S/C7H15N.C2H6.H2/c1-8(2)7-5-3-4-6-7;1-2;/h7H,3-6H2,1-2H3;1-2H3;1H. The Balaban J connectivity index is 0. The van der Waals surface area contributed by atoms with Gasteiger partial charge in [0.15, 0.2) is 0 Å². The first kappa shape index (κ1) is 9.96. The monoisotopic (exact) mass is 145 g/mol. The molecule has 0 aromatic heterocycles. The van der Waals surface area contributed by atoms with Crippen molar-refractivity contribution in [1.29, 1.82) is 0 Å². The predicted octanol–water partition coefficient (Wildman–Crippen LogP) is 2.76. The molecule has 0 N–H and O–H groups in total. The fourth-order valence-corrected chi connectivity index (χ4v) is 1.42. The molecule has 1 fully saturated rings. The summed E-state index contributed by atoms with van der Waals surface area (Å²) in [5.41, 5.74) is 0. The van der Waals surface area contributed by atoms with Gasteiger partial charge in [-0.3, -0.25) is 0 Å². The van der Waals surface area contributed by atoms with Crippen molar-refractivity contribution in [3.63, 3.8) is 0 Å². The molecule has 0 aromatic rings. The molecule has 64 valence electrons. The Morgan fingerprint density at radius 2 is 1.50 bits per heavy atom. The molecule has 0 saturated heterocycles. The van der Waals surface area contributed by atoms with Gasteiger partial charge in [0.25, 0.3) is 0 Å². The molecule has 1 saturated carbocycles. The number of hydrogen-bond donors (Lipinski definition) is 0. The third kappa shape index (κ3) is 3.21. The Bertz CT molecular complexity index is 68.0. The van der Waals surface area contributed by atoms with E-state index in [4.69, 9.17) is 0 Å². The molecule has 1 nitrogen and oxygen atoms in total. The number of nitrogens with zero attached hydrogens (tertiary/aromatic N) is 1. The van der Waals surface area contributed by atoms with Gasteiger partial charge < -0.3 is 4.90 Å². The van der Waals surface area contributed by atoms with Gasteiger partial charge in [-0.15, -0.1) is 0 Å². The van der Waals surface area contributed by atoms with Gasteiger partial charge in [-0.2, -0.15) is 0 Å². The van der Waals surface area contributed by atoms with Crippen molar-refractivity contribution in [2.75, 3.05) is 14.1 Å². The second-order valence-electron chi connectivity index (χ2n) is 2.90. The van der Waals surface area contributed by atoms with Crippen LogP contribution in [0.1, 0.15) is 41.0 Å². The van der Waals surface area contributed by atoms with E-state index in [0.717, 1.165) is 6.04 Å². The van der Waals surface area contributed by atoms with Crippen molar-refractivity contribution in [3.8, 4) is 0 Å². The minimum Gasteiger partial charge on any atom is -0.306 e. The smallest absolute Gasteiger partial charge is 0.00891 e. The minimum absolute atomic E-state index is 0. The molecular weight excluding hydrogens is 122 g/mol. The summed E-state index contributed by atoms with van der Waals surface area (Å²) in [6.07, 6.45) is 5.74. The van der Waals surface area contributed by atoms with Crippen LogP contribution in [0.3, 0.4) is 0 Å². The number of rotatable bonds is 1. The van der Waals surface area contributed by atoms with Gasteiger partial charge in [-0.05, 0) is 26.9 Å². The van der Waals surface area contributed by atoms with Crippen LogP contribution < -0.4 is 0 Å². The summed E-state index contributed by atoms with van der Waals surface area (Å²) in [5, 5.41) is 0. The van der Waals surface area contributed by atoms with E-state index in [1.54, 1.807) is 0 Å². The molecule has 1 aliphatic carbocycles. The summed E-state index contributed by atoms with van der Waals surface area (Å²) in [5.74, 6) is 0. The van der Waals surface area contributed by atoms with Crippen LogP contribution in [-0.2, 0) is 0 Å². The average molecular weight is 145 g/mol. The van der Waals surface area contributed by atoms with Crippen LogP contribution in [0.2, 0.25) is 0 Å². The van der Waals surface area contributed by atoms with Gasteiger partial charge in [0.1, 0.15) is 0 Å². The van der Waals surface area contributed by atoms with E-state index < -0.39 is 0 Å². The highest BCUT2D eigenvalue weighted by molar-refractivity contribution is 4.72. The molecule has 1 rings (SSSR count). The lowest BCUT2D eigenvalue weighted by Crippen LogP contribution is -2.23. The van der Waals surface area contributed by atoms with Crippen LogP contribution in [0.5, 0.6) is 0 Å². The molecule has 10 heavy (non-hydrogen) atoms. The highest BCUT2D eigenvalue weighted by atomic mass is 15.1. The molecule has 0 aromatic carbocycles. The van der Waals surface area contributed by atoms with Gasteiger partial charge >= 0.3 is 0 Å². The molecule has 1 heteroatoms. The molecule has 0 bridgehead atoms. The molecule has 0 atom stereocenters. The van der Waals surface area contributed by atoms with Crippen LogP contribution >= 0.6 is 0 Å². The first-order valence-corrected chi connectivity index (χ1v) is 4.47. The molecule has 0 heterocycles. The lowest BCUT2D eigenvalue weighted by atomic mass is 10.2. The van der Waals surface area contributed by atoms with Crippen molar-refractivity contribution in [2.24, 2.45) is 0 Å². The maximum atomic E-state index is 2.34. The van der Waals surface area contributed by atoms with Gasteiger partial charge in [-0.25, -0.2) is 0 Å². The summed E-state index contributed by atoms with van der Waals surface area (Å²) in [6, 6.07) is 0.898. The van der Waals surface area contributed by atoms with Crippen molar-refractivity contribution in [1.82, 2.24) is 4.90 Å². The third-order valence-corrected chi connectivity index (χ3v) is 2.05. The first-order chi connectivity index (χ1) is 4.80. The summed E-state index contributed by atoms with van der Waals surface area (Å²) in [7, 11) is 4.35. The largest absolute Gasteiger partial charge is 0.306 e. The number of hydrogen-bond acceptors (Lipinski definition) is 1. The second-order valence-corrected chi connectivity index (χ2v) is 2.90. The van der Waals surface area contributed by atoms with Gasteiger partial charge in [0, 0.05) is 7.47 Å². The van der Waals surface area contributed by atoms with Crippen LogP contribution in [0.4, 0.5) is 0 Å². The summed E-state index contributed by atoms with van der Waals surface area (Å²) < 4.78 is 0. The Morgan fingerprint density at radius 3 is 1.70 bits per heavy atom. The van der Waals surface area contributed by atoms with Crippen LogP contribution in [-0.4, -0.2) is 25.0 Å². The topological polar surface area (TPSA) is 3.24 Å². The van der Waals surface area contributed by atoms with Gasteiger partial charge in [0.2, 0.25) is 0 Å². The highest BCUT2D eigenvalue weighted by Gasteiger charge is 2.15. The fraction of sp³-hybridized carbons (Fsp3) is 1.00. The fourth-order valence-electron chi connectivity index (χ4n) is 1.42. The molecule has 0 unspecified atom stereocenters. The zero-order valence-corrected chi connectivity index (χ0v) is 7.85. The predicted molar refractivity (Wildman–Crippen MR) is 49.4 cm³/mol. The third-order valence-electron chi connectivity index (χ3n) is 2.05. The van der Waals surface area contributed by atoms with Crippen LogP contribution in [0.25, 0.3) is 0 Å². The summed E-state index contributed by atoms with van der Waals surface area (Å²) in [4.78, 5) is 2.34. The van der Waals surface area contributed by atoms with E-state index >= 15 is 0 Å². The highest BCUT2D eigenvalue weighted by Crippen LogP contribution is 2.20. The molecule has 0 amide bonds. The summed E-state index contributed by atoms with van der Waals surface area (Å²) in [6.45, 7) is 4.00. The molecular formula is C9H23N. The molecule has 0 spiro atoms. The normalized spacial score (nSPS) is 18.9. The SMILES string of the molecule is CC.CN(C)C1CCCC1.[HH]. The lowest BCUT2D eigenvalue weighted by molar-refractivity contribution is 0.299. The Hall–Kier alpha value is -0.0400. The van der Waals surface area contributed by atoms with E-state index in [9.17, 15) is 0 Å². The van der Waals surface area contributed by atoms with Crippen molar-refractivity contribution >= 4 is 0 Å². The maximum absolute atomic E-state index is 2.34. The quantitative estimate of drug-likeness (QED) is 0.548. The zero-order valence-electron chi connectivity index (χ0n) is 7.85. The second kappa shape index (κ2) is 5.72. The first-order valence-electron chi connectivity index (χ1n) is 4.47. The molecule has 1 aliphatic rings. The Kier molecular flexibility index (Phi) is 5.70. The van der Waals surface area contributed by atoms with E-state index in [-0.39, 0.29) is 1.43 Å². The van der Waals surface area contributed by atoms with E-state index in [0.29, 0.717) is 0 Å². The Morgan fingerprint density at radius 1 is 1.10 bits per heavy atom. The van der Waals surface area contributed by atoms with E-state index in [1.807, 2.05) is 13.8 Å². The van der Waals surface area contributed by atoms with Gasteiger partial charge in [-0.1, -0.05) is 26.7 Å². The average Bonchev–Trinajstić information content (AvgIpc) is 2.42. The van der Waals surface area contributed by atoms with Crippen LogP contribution in [0.15, 0.2) is 0 Å². The van der Waals surface area contributed by atoms with Crippen molar-refractivity contribution in [3.05, 3.63) is 0 Å². The van der Waals surface area contributed by atoms with E-state index in [1.165, 1.54) is 25.7 Å². The Labute approximate surface area is 66.9 Å².